The monoisotopic (exact) mass is 244 g/mol. The molecule has 0 spiro atoms. The predicted molar refractivity (Wildman–Crippen MR) is 64.5 cm³/mol. The fourth-order valence-corrected chi connectivity index (χ4v) is 3.04. The number of fused-ring (bicyclic) bond motifs is 3. The minimum atomic E-state index is -0.394. The van der Waals surface area contributed by atoms with Crippen molar-refractivity contribution in [3.8, 4) is 11.1 Å². The topological polar surface area (TPSA) is 43.4 Å². The number of methoxy groups -OCH3 is 1. The summed E-state index contributed by atoms with van der Waals surface area (Å²) in [6.07, 6.45) is 0. The van der Waals surface area contributed by atoms with Gasteiger partial charge in [-0.1, -0.05) is 24.3 Å². The van der Waals surface area contributed by atoms with Crippen LogP contribution in [0.25, 0.3) is 11.1 Å². The maximum Gasteiger partial charge on any atom is 0.348 e. The second-order valence-electron chi connectivity index (χ2n) is 3.72. The summed E-state index contributed by atoms with van der Waals surface area (Å²) < 4.78 is 4.66. The summed E-state index contributed by atoms with van der Waals surface area (Å²) in [5.74, 6) is -0.398. The van der Waals surface area contributed by atoms with Gasteiger partial charge in [0.1, 0.15) is 4.88 Å². The second kappa shape index (κ2) is 3.53. The minimum absolute atomic E-state index is 0.00393. The summed E-state index contributed by atoms with van der Waals surface area (Å²) in [5.41, 5.74) is 2.46. The van der Waals surface area contributed by atoms with Gasteiger partial charge in [-0.15, -0.1) is 11.3 Å². The molecule has 0 radical (unpaired) electrons. The van der Waals surface area contributed by atoms with Crippen LogP contribution in [-0.4, -0.2) is 18.9 Å². The highest BCUT2D eigenvalue weighted by Crippen LogP contribution is 2.41. The molecule has 3 rings (SSSR count). The molecule has 0 saturated heterocycles. The van der Waals surface area contributed by atoms with E-state index in [0.29, 0.717) is 15.3 Å². The SMILES string of the molecule is COC(=O)c1cc2c(s1)C(=O)c1ccccc1-2. The van der Waals surface area contributed by atoms with Crippen LogP contribution in [0.15, 0.2) is 30.3 Å². The summed E-state index contributed by atoms with van der Waals surface area (Å²) >= 11 is 1.20. The van der Waals surface area contributed by atoms with E-state index in [1.54, 1.807) is 6.07 Å². The third-order valence-electron chi connectivity index (χ3n) is 2.79. The van der Waals surface area contributed by atoms with E-state index in [0.717, 1.165) is 11.1 Å². The first-order valence-electron chi connectivity index (χ1n) is 5.08. The van der Waals surface area contributed by atoms with E-state index in [1.165, 1.54) is 18.4 Å². The number of carbonyl (C=O) groups excluding carboxylic acids is 2. The zero-order valence-electron chi connectivity index (χ0n) is 9.02. The number of ketones is 1. The molecule has 1 aliphatic carbocycles. The average molecular weight is 244 g/mol. The third kappa shape index (κ3) is 1.34. The molecule has 0 atom stereocenters. The van der Waals surface area contributed by atoms with E-state index in [9.17, 15) is 9.59 Å². The number of rotatable bonds is 1. The molecule has 84 valence electrons. The van der Waals surface area contributed by atoms with E-state index in [-0.39, 0.29) is 5.78 Å². The molecule has 0 aliphatic heterocycles. The van der Waals surface area contributed by atoms with E-state index in [2.05, 4.69) is 4.74 Å². The first kappa shape index (κ1) is 10.2. The molecule has 0 unspecified atom stereocenters. The lowest BCUT2D eigenvalue weighted by Gasteiger charge is -1.97. The van der Waals surface area contributed by atoms with Crippen LogP contribution in [0.3, 0.4) is 0 Å². The van der Waals surface area contributed by atoms with Gasteiger partial charge in [-0.2, -0.15) is 0 Å². The van der Waals surface area contributed by atoms with Crippen molar-refractivity contribution in [2.24, 2.45) is 0 Å². The summed E-state index contributed by atoms with van der Waals surface area (Å²) in [6.45, 7) is 0. The van der Waals surface area contributed by atoms with Crippen LogP contribution in [0.5, 0.6) is 0 Å². The molecule has 2 aromatic rings. The smallest absolute Gasteiger partial charge is 0.348 e. The van der Waals surface area contributed by atoms with Crippen LogP contribution in [0.2, 0.25) is 0 Å². The Morgan fingerprint density at radius 3 is 2.59 bits per heavy atom. The molecule has 0 N–H and O–H groups in total. The lowest BCUT2D eigenvalue weighted by Crippen LogP contribution is -1.98. The van der Waals surface area contributed by atoms with E-state index in [4.69, 9.17) is 0 Å². The summed E-state index contributed by atoms with van der Waals surface area (Å²) in [7, 11) is 1.34. The molecular formula is C13H8O3S. The number of thiophene rings is 1. The molecule has 1 aromatic carbocycles. The number of hydrogen-bond donors (Lipinski definition) is 0. The third-order valence-corrected chi connectivity index (χ3v) is 3.90. The molecule has 0 fully saturated rings. The highest BCUT2D eigenvalue weighted by atomic mass is 32.1. The minimum Gasteiger partial charge on any atom is -0.465 e. The summed E-state index contributed by atoms with van der Waals surface area (Å²) in [6, 6.07) is 9.16. The molecule has 4 heteroatoms. The molecular weight excluding hydrogens is 236 g/mol. The van der Waals surface area contributed by atoms with Gasteiger partial charge in [0.05, 0.1) is 12.0 Å². The second-order valence-corrected chi connectivity index (χ2v) is 4.77. The number of esters is 1. The first-order chi connectivity index (χ1) is 8.22. The van der Waals surface area contributed by atoms with Crippen molar-refractivity contribution < 1.29 is 14.3 Å². The molecule has 3 nitrogen and oxygen atoms in total. The maximum atomic E-state index is 12.1. The van der Waals surface area contributed by atoms with Crippen molar-refractivity contribution in [3.63, 3.8) is 0 Å². The number of carbonyl (C=O) groups is 2. The quantitative estimate of drug-likeness (QED) is 0.618. The molecule has 0 saturated carbocycles. The normalized spacial score (nSPS) is 12.2. The van der Waals surface area contributed by atoms with Crippen LogP contribution in [0.1, 0.15) is 24.9 Å². The van der Waals surface area contributed by atoms with Crippen molar-refractivity contribution >= 4 is 23.1 Å². The van der Waals surface area contributed by atoms with Gasteiger partial charge in [0.25, 0.3) is 0 Å². The van der Waals surface area contributed by atoms with E-state index < -0.39 is 5.97 Å². The van der Waals surface area contributed by atoms with Gasteiger partial charge in [-0.3, -0.25) is 4.79 Å². The van der Waals surface area contributed by atoms with Gasteiger partial charge in [0, 0.05) is 11.1 Å². The van der Waals surface area contributed by atoms with Crippen molar-refractivity contribution in [1.82, 2.24) is 0 Å². The Kier molecular flexibility index (Phi) is 2.12. The number of hydrogen-bond acceptors (Lipinski definition) is 4. The maximum absolute atomic E-state index is 12.1. The van der Waals surface area contributed by atoms with Gasteiger partial charge in [0.2, 0.25) is 5.78 Å². The fourth-order valence-electron chi connectivity index (χ4n) is 2.00. The first-order valence-corrected chi connectivity index (χ1v) is 5.90. The largest absolute Gasteiger partial charge is 0.465 e. The van der Waals surface area contributed by atoms with Gasteiger partial charge in [-0.05, 0) is 11.6 Å². The van der Waals surface area contributed by atoms with Crippen LogP contribution < -0.4 is 0 Å². The van der Waals surface area contributed by atoms with Crippen molar-refractivity contribution in [1.29, 1.82) is 0 Å². The Morgan fingerprint density at radius 1 is 1.18 bits per heavy atom. The van der Waals surface area contributed by atoms with Crippen molar-refractivity contribution in [2.45, 2.75) is 0 Å². The molecule has 1 aliphatic rings. The molecule has 17 heavy (non-hydrogen) atoms. The van der Waals surface area contributed by atoms with Gasteiger partial charge >= 0.3 is 5.97 Å². The highest BCUT2D eigenvalue weighted by molar-refractivity contribution is 7.16. The van der Waals surface area contributed by atoms with E-state index in [1.807, 2.05) is 24.3 Å². The standard InChI is InChI=1S/C13H8O3S/c1-16-13(15)10-6-9-7-4-2-3-5-8(7)11(14)12(9)17-10/h2-6H,1H3. The van der Waals surface area contributed by atoms with Crippen LogP contribution >= 0.6 is 11.3 Å². The van der Waals surface area contributed by atoms with Gasteiger partial charge in [0.15, 0.2) is 0 Å². The highest BCUT2D eigenvalue weighted by Gasteiger charge is 2.30. The molecule has 0 amide bonds. The van der Waals surface area contributed by atoms with Gasteiger partial charge in [-0.25, -0.2) is 4.79 Å². The van der Waals surface area contributed by atoms with Crippen LogP contribution in [0.4, 0.5) is 0 Å². The van der Waals surface area contributed by atoms with Crippen LogP contribution in [0, 0.1) is 0 Å². The number of benzene rings is 1. The lowest BCUT2D eigenvalue weighted by molar-refractivity contribution is 0.0606. The molecule has 1 heterocycles. The predicted octanol–water partition coefficient (Wildman–Crippen LogP) is 2.75. The number of ether oxygens (including phenoxy) is 1. The lowest BCUT2D eigenvalue weighted by atomic mass is 10.1. The molecule has 1 aromatic heterocycles. The summed E-state index contributed by atoms with van der Waals surface area (Å²) in [4.78, 5) is 24.6. The average Bonchev–Trinajstić information content (AvgIpc) is 2.90. The summed E-state index contributed by atoms with van der Waals surface area (Å²) in [5, 5.41) is 0. The Morgan fingerprint density at radius 2 is 1.88 bits per heavy atom. The fraction of sp³-hybridized carbons (Fsp3) is 0.0769. The Hall–Kier alpha value is -1.94. The van der Waals surface area contributed by atoms with Crippen LogP contribution in [-0.2, 0) is 4.74 Å². The van der Waals surface area contributed by atoms with Crippen molar-refractivity contribution in [2.75, 3.05) is 7.11 Å². The molecule has 0 bridgehead atoms. The zero-order valence-corrected chi connectivity index (χ0v) is 9.84. The van der Waals surface area contributed by atoms with E-state index >= 15 is 0 Å². The Labute approximate surface area is 102 Å². The Bertz CT molecular complexity index is 640. The zero-order chi connectivity index (χ0) is 12.0. The van der Waals surface area contributed by atoms with Crippen molar-refractivity contribution in [3.05, 3.63) is 45.6 Å². The van der Waals surface area contributed by atoms with Gasteiger partial charge < -0.3 is 4.74 Å². The Balaban J connectivity index is 2.20.